The monoisotopic (exact) mass is 139 g/mol. The fourth-order valence-electron chi connectivity index (χ4n) is 0.494. The van der Waals surface area contributed by atoms with Crippen LogP contribution in [0.3, 0.4) is 0 Å². The molecule has 0 aromatic rings. The quantitative estimate of drug-likeness (QED) is 0.583. The molecule has 0 saturated carbocycles. The van der Waals surface area contributed by atoms with Gasteiger partial charge in [-0.3, -0.25) is 4.79 Å². The van der Waals surface area contributed by atoms with Crippen molar-refractivity contribution in [2.24, 2.45) is 0 Å². The molecule has 0 aromatic heterocycles. The Kier molecular flexibility index (Phi) is 5.44. The number of carbonyl (C=O) groups is 1. The minimum Gasteiger partial charge on any atom is -0.352 e. The molecular formula is C8H13NO. The van der Waals surface area contributed by atoms with Crippen LogP contribution in [0, 0.1) is 0 Å². The van der Waals surface area contributed by atoms with E-state index in [-0.39, 0.29) is 5.91 Å². The Bertz CT molecular complexity index is 138. The van der Waals surface area contributed by atoms with Gasteiger partial charge >= 0.3 is 0 Å². The second kappa shape index (κ2) is 6.08. The van der Waals surface area contributed by atoms with Crippen LogP contribution in [-0.2, 0) is 4.79 Å². The Labute approximate surface area is 61.6 Å². The summed E-state index contributed by atoms with van der Waals surface area (Å²) in [5.41, 5.74) is 0. The van der Waals surface area contributed by atoms with Gasteiger partial charge in [-0.05, 0) is 6.92 Å². The molecule has 10 heavy (non-hydrogen) atoms. The number of nitrogens with one attached hydrogen (secondary N) is 1. The zero-order valence-corrected chi connectivity index (χ0v) is 6.26. The molecule has 1 amide bonds. The second-order valence-electron chi connectivity index (χ2n) is 1.87. The number of amides is 1. The SMILES string of the molecule is C=CCC(=O)NC/C=C/C. The summed E-state index contributed by atoms with van der Waals surface area (Å²) in [6.45, 7) is 5.98. The molecule has 0 unspecified atom stereocenters. The summed E-state index contributed by atoms with van der Waals surface area (Å²) in [5, 5.41) is 2.69. The zero-order valence-electron chi connectivity index (χ0n) is 6.26. The number of allylic oxidation sites excluding steroid dienone is 1. The molecule has 0 fully saturated rings. The van der Waals surface area contributed by atoms with E-state index in [9.17, 15) is 4.79 Å². The van der Waals surface area contributed by atoms with Gasteiger partial charge in [-0.2, -0.15) is 0 Å². The molecule has 0 aliphatic rings. The van der Waals surface area contributed by atoms with Gasteiger partial charge in [-0.1, -0.05) is 18.2 Å². The average Bonchev–Trinajstić information content (AvgIpc) is 1.89. The molecule has 2 heteroatoms. The van der Waals surface area contributed by atoms with E-state index >= 15 is 0 Å². The number of rotatable bonds is 4. The molecule has 0 aliphatic heterocycles. The predicted octanol–water partition coefficient (Wildman–Crippen LogP) is 1.25. The van der Waals surface area contributed by atoms with Crippen LogP contribution in [0.2, 0.25) is 0 Å². The van der Waals surface area contributed by atoms with Crippen molar-refractivity contribution in [2.45, 2.75) is 13.3 Å². The highest BCUT2D eigenvalue weighted by atomic mass is 16.1. The number of carbonyl (C=O) groups excluding carboxylic acids is 1. The summed E-state index contributed by atoms with van der Waals surface area (Å²) in [6, 6.07) is 0. The van der Waals surface area contributed by atoms with E-state index in [2.05, 4.69) is 11.9 Å². The van der Waals surface area contributed by atoms with Crippen LogP contribution >= 0.6 is 0 Å². The summed E-state index contributed by atoms with van der Waals surface area (Å²) < 4.78 is 0. The van der Waals surface area contributed by atoms with Gasteiger partial charge in [-0.25, -0.2) is 0 Å². The maximum absolute atomic E-state index is 10.7. The van der Waals surface area contributed by atoms with Gasteiger partial charge in [0, 0.05) is 13.0 Å². The maximum atomic E-state index is 10.7. The summed E-state index contributed by atoms with van der Waals surface area (Å²) in [7, 11) is 0. The van der Waals surface area contributed by atoms with E-state index in [0.717, 1.165) is 0 Å². The van der Waals surface area contributed by atoms with Crippen molar-refractivity contribution in [1.82, 2.24) is 5.32 Å². The van der Waals surface area contributed by atoms with Gasteiger partial charge < -0.3 is 5.32 Å². The fourth-order valence-corrected chi connectivity index (χ4v) is 0.494. The predicted molar refractivity (Wildman–Crippen MR) is 42.6 cm³/mol. The first-order valence-electron chi connectivity index (χ1n) is 3.30. The normalized spacial score (nSPS) is 9.70. The van der Waals surface area contributed by atoms with E-state index < -0.39 is 0 Å². The van der Waals surface area contributed by atoms with Crippen molar-refractivity contribution in [2.75, 3.05) is 6.54 Å². The molecule has 56 valence electrons. The smallest absolute Gasteiger partial charge is 0.224 e. The summed E-state index contributed by atoms with van der Waals surface area (Å²) in [4.78, 5) is 10.7. The molecule has 0 heterocycles. The number of hydrogen-bond acceptors (Lipinski definition) is 1. The third kappa shape index (κ3) is 5.09. The van der Waals surface area contributed by atoms with Crippen molar-refractivity contribution >= 4 is 5.91 Å². The van der Waals surface area contributed by atoms with Gasteiger partial charge in [0.15, 0.2) is 0 Å². The minimum atomic E-state index is 0.0214. The highest BCUT2D eigenvalue weighted by Gasteiger charge is 1.91. The van der Waals surface area contributed by atoms with Crippen LogP contribution in [0.4, 0.5) is 0 Å². The zero-order chi connectivity index (χ0) is 7.82. The lowest BCUT2D eigenvalue weighted by atomic mass is 10.4. The summed E-state index contributed by atoms with van der Waals surface area (Å²) in [5.74, 6) is 0.0214. The van der Waals surface area contributed by atoms with Gasteiger partial charge in [0.25, 0.3) is 0 Å². The van der Waals surface area contributed by atoms with Crippen LogP contribution in [0.15, 0.2) is 24.8 Å². The Hall–Kier alpha value is -1.05. The van der Waals surface area contributed by atoms with Crippen LogP contribution in [-0.4, -0.2) is 12.5 Å². The average molecular weight is 139 g/mol. The first-order chi connectivity index (χ1) is 4.81. The Morgan fingerprint density at radius 3 is 2.90 bits per heavy atom. The fraction of sp³-hybridized carbons (Fsp3) is 0.375. The van der Waals surface area contributed by atoms with Crippen LogP contribution in [0.1, 0.15) is 13.3 Å². The summed E-state index contributed by atoms with van der Waals surface area (Å²) >= 11 is 0. The standard InChI is InChI=1S/C8H13NO/c1-3-5-7-9-8(10)6-4-2/h3-5H,2,6-7H2,1H3,(H,9,10)/b5-3+. The topological polar surface area (TPSA) is 29.1 Å². The van der Waals surface area contributed by atoms with Gasteiger partial charge in [-0.15, -0.1) is 6.58 Å². The van der Waals surface area contributed by atoms with Crippen molar-refractivity contribution in [3.8, 4) is 0 Å². The van der Waals surface area contributed by atoms with Gasteiger partial charge in [0.2, 0.25) is 5.91 Å². The lowest BCUT2D eigenvalue weighted by Crippen LogP contribution is -2.21. The number of hydrogen-bond donors (Lipinski definition) is 1. The molecule has 2 nitrogen and oxygen atoms in total. The third-order valence-electron chi connectivity index (χ3n) is 0.983. The molecule has 0 aromatic carbocycles. The molecule has 1 N–H and O–H groups in total. The largest absolute Gasteiger partial charge is 0.352 e. The molecule has 0 atom stereocenters. The van der Waals surface area contributed by atoms with E-state index in [0.29, 0.717) is 13.0 Å². The van der Waals surface area contributed by atoms with E-state index in [1.807, 2.05) is 19.1 Å². The van der Waals surface area contributed by atoms with Crippen LogP contribution < -0.4 is 5.32 Å². The van der Waals surface area contributed by atoms with E-state index in [1.165, 1.54) is 0 Å². The van der Waals surface area contributed by atoms with E-state index in [4.69, 9.17) is 0 Å². The highest BCUT2D eigenvalue weighted by molar-refractivity contribution is 5.77. The summed E-state index contributed by atoms with van der Waals surface area (Å²) in [6.07, 6.45) is 5.78. The van der Waals surface area contributed by atoms with Crippen molar-refractivity contribution in [3.63, 3.8) is 0 Å². The lowest BCUT2D eigenvalue weighted by Gasteiger charge is -1.96. The van der Waals surface area contributed by atoms with Crippen molar-refractivity contribution in [3.05, 3.63) is 24.8 Å². The van der Waals surface area contributed by atoms with Crippen molar-refractivity contribution < 1.29 is 4.79 Å². The van der Waals surface area contributed by atoms with Crippen LogP contribution in [0.5, 0.6) is 0 Å². The lowest BCUT2D eigenvalue weighted by molar-refractivity contribution is -0.120. The Balaban J connectivity index is 3.30. The maximum Gasteiger partial charge on any atom is 0.224 e. The molecule has 0 spiro atoms. The van der Waals surface area contributed by atoms with Crippen molar-refractivity contribution in [1.29, 1.82) is 0 Å². The van der Waals surface area contributed by atoms with E-state index in [1.54, 1.807) is 6.08 Å². The first-order valence-corrected chi connectivity index (χ1v) is 3.30. The second-order valence-corrected chi connectivity index (χ2v) is 1.87. The van der Waals surface area contributed by atoms with Gasteiger partial charge in [0.1, 0.15) is 0 Å². The van der Waals surface area contributed by atoms with Gasteiger partial charge in [0.05, 0.1) is 0 Å². The Morgan fingerprint density at radius 1 is 1.70 bits per heavy atom. The van der Waals surface area contributed by atoms with Crippen LogP contribution in [0.25, 0.3) is 0 Å². The molecule has 0 radical (unpaired) electrons. The highest BCUT2D eigenvalue weighted by Crippen LogP contribution is 1.78. The Morgan fingerprint density at radius 2 is 2.40 bits per heavy atom. The minimum absolute atomic E-state index is 0.0214. The first kappa shape index (κ1) is 8.95. The molecular weight excluding hydrogens is 126 g/mol. The third-order valence-corrected chi connectivity index (χ3v) is 0.983. The molecule has 0 saturated heterocycles. The molecule has 0 rings (SSSR count). The molecule has 0 aliphatic carbocycles. The molecule has 0 bridgehead atoms.